The topological polar surface area (TPSA) is 83.7 Å². The van der Waals surface area contributed by atoms with E-state index in [0.717, 1.165) is 48.9 Å². The Hall–Kier alpha value is -2.68. The Morgan fingerprint density at radius 2 is 1.85 bits per heavy atom. The fourth-order valence-electron chi connectivity index (χ4n) is 3.39. The number of hydrogen-bond acceptors (Lipinski definition) is 5. The van der Waals surface area contributed by atoms with Crippen molar-refractivity contribution in [1.82, 2.24) is 19.9 Å². The molecule has 3 aromatic rings. The van der Waals surface area contributed by atoms with E-state index in [-0.39, 0.29) is 5.92 Å². The SMILES string of the molecule is CN.FC(F)(F)c1cccc(C2CCN(c3ncnc4nc[nH]c34)CC2)c1. The Kier molecular flexibility index (Phi) is 5.59. The van der Waals surface area contributed by atoms with Gasteiger partial charge in [-0.15, -0.1) is 0 Å². The van der Waals surface area contributed by atoms with Crippen molar-refractivity contribution in [2.24, 2.45) is 5.73 Å². The number of fused-ring (bicyclic) bond motifs is 1. The van der Waals surface area contributed by atoms with Crippen molar-refractivity contribution in [3.05, 3.63) is 48.0 Å². The molecule has 1 aliphatic heterocycles. The number of aromatic nitrogens is 4. The number of hydrogen-bond donors (Lipinski definition) is 2. The van der Waals surface area contributed by atoms with Crippen molar-refractivity contribution in [2.75, 3.05) is 25.0 Å². The van der Waals surface area contributed by atoms with Crippen LogP contribution >= 0.6 is 0 Å². The van der Waals surface area contributed by atoms with Gasteiger partial charge in [-0.2, -0.15) is 13.2 Å². The number of nitrogens with zero attached hydrogens (tertiary/aromatic N) is 4. The molecular formula is C18H21F3N6. The molecule has 9 heteroatoms. The van der Waals surface area contributed by atoms with Crippen LogP contribution in [-0.4, -0.2) is 40.1 Å². The van der Waals surface area contributed by atoms with Crippen molar-refractivity contribution >= 4 is 17.0 Å². The summed E-state index contributed by atoms with van der Waals surface area (Å²) >= 11 is 0. The van der Waals surface area contributed by atoms with Crippen LogP contribution < -0.4 is 10.6 Å². The number of nitrogens with two attached hydrogens (primary N) is 1. The van der Waals surface area contributed by atoms with E-state index < -0.39 is 11.7 Å². The Bertz CT molecular complexity index is 884. The Balaban J connectivity index is 0.00000102. The van der Waals surface area contributed by atoms with Crippen molar-refractivity contribution in [1.29, 1.82) is 0 Å². The zero-order chi connectivity index (χ0) is 19.4. The van der Waals surface area contributed by atoms with Gasteiger partial charge in [-0.3, -0.25) is 0 Å². The molecule has 1 aromatic carbocycles. The lowest BCUT2D eigenvalue weighted by molar-refractivity contribution is -0.137. The van der Waals surface area contributed by atoms with Crippen molar-refractivity contribution in [3.8, 4) is 0 Å². The molecule has 1 saturated heterocycles. The van der Waals surface area contributed by atoms with E-state index in [2.05, 4.69) is 30.6 Å². The van der Waals surface area contributed by atoms with Gasteiger partial charge >= 0.3 is 6.18 Å². The minimum atomic E-state index is -4.30. The quantitative estimate of drug-likeness (QED) is 0.715. The molecule has 0 unspecified atom stereocenters. The molecule has 27 heavy (non-hydrogen) atoms. The van der Waals surface area contributed by atoms with E-state index in [1.54, 1.807) is 12.4 Å². The summed E-state index contributed by atoms with van der Waals surface area (Å²) in [7, 11) is 1.50. The maximum atomic E-state index is 12.9. The number of imidazole rings is 1. The summed E-state index contributed by atoms with van der Waals surface area (Å²) in [4.78, 5) is 17.8. The number of piperidine rings is 1. The molecule has 0 saturated carbocycles. The predicted octanol–water partition coefficient (Wildman–Crippen LogP) is 3.33. The van der Waals surface area contributed by atoms with Gasteiger partial charge in [0.2, 0.25) is 0 Å². The van der Waals surface area contributed by atoms with Gasteiger partial charge in [0, 0.05) is 13.1 Å². The van der Waals surface area contributed by atoms with Gasteiger partial charge in [-0.25, -0.2) is 15.0 Å². The van der Waals surface area contributed by atoms with Gasteiger partial charge in [0.05, 0.1) is 11.9 Å². The first kappa shape index (κ1) is 19.1. The summed E-state index contributed by atoms with van der Waals surface area (Å²) in [6.07, 6.45) is 0.321. The van der Waals surface area contributed by atoms with Crippen molar-refractivity contribution in [2.45, 2.75) is 24.9 Å². The fourth-order valence-corrected chi connectivity index (χ4v) is 3.39. The molecule has 6 nitrogen and oxygen atoms in total. The summed E-state index contributed by atoms with van der Waals surface area (Å²) in [5.74, 6) is 0.919. The molecule has 4 rings (SSSR count). The normalized spacial score (nSPS) is 15.5. The first-order chi connectivity index (χ1) is 13.0. The second-order valence-corrected chi connectivity index (χ2v) is 6.18. The minimum Gasteiger partial charge on any atom is -0.355 e. The fraction of sp³-hybridized carbons (Fsp3) is 0.389. The van der Waals surface area contributed by atoms with Gasteiger partial charge < -0.3 is 15.6 Å². The highest BCUT2D eigenvalue weighted by Crippen LogP contribution is 2.35. The smallest absolute Gasteiger partial charge is 0.355 e. The third kappa shape index (κ3) is 4.02. The maximum absolute atomic E-state index is 12.9. The average molecular weight is 378 g/mol. The zero-order valence-corrected chi connectivity index (χ0v) is 14.9. The van der Waals surface area contributed by atoms with E-state index >= 15 is 0 Å². The van der Waals surface area contributed by atoms with E-state index in [1.807, 2.05) is 0 Å². The van der Waals surface area contributed by atoms with Gasteiger partial charge in [0.1, 0.15) is 11.8 Å². The third-order valence-electron chi connectivity index (χ3n) is 4.68. The molecule has 144 valence electrons. The van der Waals surface area contributed by atoms with Crippen LogP contribution in [0.1, 0.15) is 29.9 Å². The van der Waals surface area contributed by atoms with Gasteiger partial charge in [-0.05, 0) is 37.4 Å². The highest BCUT2D eigenvalue weighted by Gasteiger charge is 2.31. The number of halogens is 3. The first-order valence-electron chi connectivity index (χ1n) is 8.66. The van der Waals surface area contributed by atoms with Crippen LogP contribution in [0.15, 0.2) is 36.9 Å². The molecule has 1 fully saturated rings. The van der Waals surface area contributed by atoms with Crippen LogP contribution in [0.4, 0.5) is 19.0 Å². The summed E-state index contributed by atoms with van der Waals surface area (Å²) in [5.41, 5.74) is 6.08. The van der Waals surface area contributed by atoms with Gasteiger partial charge in [0.15, 0.2) is 11.5 Å². The minimum absolute atomic E-state index is 0.123. The second-order valence-electron chi connectivity index (χ2n) is 6.18. The number of benzene rings is 1. The standard InChI is InChI=1S/C17H16F3N5.CH5N/c18-17(19,20)13-3-1-2-12(8-13)11-4-6-25(7-5-11)16-14-15(22-9-21-14)23-10-24-16;1-2/h1-3,8-11H,4-7H2,(H,21,22,23,24);2H2,1H3. The van der Waals surface area contributed by atoms with Crippen LogP contribution in [0.5, 0.6) is 0 Å². The van der Waals surface area contributed by atoms with Gasteiger partial charge in [-0.1, -0.05) is 18.2 Å². The summed E-state index contributed by atoms with van der Waals surface area (Å²) < 4.78 is 38.7. The second kappa shape index (κ2) is 7.91. The van der Waals surface area contributed by atoms with E-state index in [1.165, 1.54) is 25.5 Å². The molecule has 3 heterocycles. The number of anilines is 1. The number of rotatable bonds is 2. The average Bonchev–Trinajstić information content (AvgIpc) is 3.18. The lowest BCUT2D eigenvalue weighted by Gasteiger charge is -2.33. The van der Waals surface area contributed by atoms with E-state index in [0.29, 0.717) is 5.65 Å². The first-order valence-corrected chi connectivity index (χ1v) is 8.66. The van der Waals surface area contributed by atoms with Crippen LogP contribution in [0, 0.1) is 0 Å². The molecule has 2 aromatic heterocycles. The van der Waals surface area contributed by atoms with E-state index in [9.17, 15) is 13.2 Å². The number of H-pyrrole nitrogens is 1. The molecule has 3 N–H and O–H groups in total. The van der Waals surface area contributed by atoms with Crippen molar-refractivity contribution in [3.63, 3.8) is 0 Å². The zero-order valence-electron chi connectivity index (χ0n) is 14.9. The molecule has 1 aliphatic rings. The van der Waals surface area contributed by atoms with E-state index in [4.69, 9.17) is 0 Å². The Morgan fingerprint density at radius 1 is 1.11 bits per heavy atom. The molecule has 0 spiro atoms. The summed E-state index contributed by atoms with van der Waals surface area (Å²) in [6.45, 7) is 1.46. The number of nitrogens with one attached hydrogen (secondary N) is 1. The molecule has 0 bridgehead atoms. The third-order valence-corrected chi connectivity index (χ3v) is 4.68. The monoisotopic (exact) mass is 378 g/mol. The molecule has 0 amide bonds. The van der Waals surface area contributed by atoms with Crippen LogP contribution in [0.3, 0.4) is 0 Å². The summed E-state index contributed by atoms with van der Waals surface area (Å²) in [6, 6.07) is 5.67. The molecule has 0 atom stereocenters. The van der Waals surface area contributed by atoms with Crippen LogP contribution in [-0.2, 0) is 6.18 Å². The molecule has 0 radical (unpaired) electrons. The molecular weight excluding hydrogens is 357 g/mol. The highest BCUT2D eigenvalue weighted by atomic mass is 19.4. The Labute approximate surface area is 154 Å². The molecule has 0 aliphatic carbocycles. The largest absolute Gasteiger partial charge is 0.416 e. The van der Waals surface area contributed by atoms with Crippen LogP contribution in [0.25, 0.3) is 11.2 Å². The number of alkyl halides is 3. The highest BCUT2D eigenvalue weighted by molar-refractivity contribution is 5.82. The predicted molar refractivity (Wildman–Crippen MR) is 97.4 cm³/mol. The summed E-state index contributed by atoms with van der Waals surface area (Å²) in [5, 5.41) is 0. The lowest BCUT2D eigenvalue weighted by atomic mass is 9.88. The maximum Gasteiger partial charge on any atom is 0.416 e. The lowest BCUT2D eigenvalue weighted by Crippen LogP contribution is -2.33. The van der Waals surface area contributed by atoms with Crippen molar-refractivity contribution < 1.29 is 13.2 Å². The van der Waals surface area contributed by atoms with Crippen LogP contribution in [0.2, 0.25) is 0 Å². The number of aromatic amines is 1. The van der Waals surface area contributed by atoms with Gasteiger partial charge in [0.25, 0.3) is 0 Å². The Morgan fingerprint density at radius 3 is 2.56 bits per heavy atom.